The molecule has 28 heavy (non-hydrogen) atoms. The Labute approximate surface area is 161 Å². The molecule has 0 aliphatic rings. The number of methoxy groups -OCH3 is 1. The smallest absolute Gasteiger partial charge is 0.387 e. The molecular formula is C22H19F2NO3. The van der Waals surface area contributed by atoms with Gasteiger partial charge < -0.3 is 14.8 Å². The van der Waals surface area contributed by atoms with Gasteiger partial charge in [0.2, 0.25) is 0 Å². The summed E-state index contributed by atoms with van der Waals surface area (Å²) in [6, 6.07) is 18.7. The lowest BCUT2D eigenvalue weighted by molar-refractivity contribution is -0.0494. The van der Waals surface area contributed by atoms with Gasteiger partial charge >= 0.3 is 6.61 Å². The average molecular weight is 383 g/mol. The first kappa shape index (κ1) is 19.4. The van der Waals surface area contributed by atoms with Gasteiger partial charge in [0.25, 0.3) is 5.91 Å². The highest BCUT2D eigenvalue weighted by atomic mass is 19.3. The molecule has 0 aliphatic heterocycles. The van der Waals surface area contributed by atoms with Crippen LogP contribution in [0.25, 0.3) is 11.1 Å². The van der Waals surface area contributed by atoms with Crippen molar-refractivity contribution in [3.63, 3.8) is 0 Å². The highest BCUT2D eigenvalue weighted by molar-refractivity contribution is 6.05. The number of hydrogen-bond acceptors (Lipinski definition) is 3. The normalized spacial score (nSPS) is 10.6. The minimum absolute atomic E-state index is 0.0223. The fourth-order valence-corrected chi connectivity index (χ4v) is 2.83. The Balaban J connectivity index is 1.95. The van der Waals surface area contributed by atoms with Crippen molar-refractivity contribution >= 4 is 11.6 Å². The second-order valence-corrected chi connectivity index (χ2v) is 6.09. The van der Waals surface area contributed by atoms with Crippen LogP contribution in [0.15, 0.2) is 66.7 Å². The molecule has 0 aromatic heterocycles. The van der Waals surface area contributed by atoms with E-state index in [1.54, 1.807) is 49.6 Å². The third-order valence-electron chi connectivity index (χ3n) is 4.24. The summed E-state index contributed by atoms with van der Waals surface area (Å²) < 4.78 is 35.4. The summed E-state index contributed by atoms with van der Waals surface area (Å²) in [6.07, 6.45) is 0. The summed E-state index contributed by atoms with van der Waals surface area (Å²) in [5.74, 6) is 0.388. The number of carbonyl (C=O) groups excluding carboxylic acids is 1. The zero-order valence-corrected chi connectivity index (χ0v) is 15.4. The molecule has 3 aromatic carbocycles. The maximum atomic E-state index is 12.8. The molecule has 0 radical (unpaired) electrons. The fourth-order valence-electron chi connectivity index (χ4n) is 2.83. The molecule has 1 N–H and O–H groups in total. The Kier molecular flexibility index (Phi) is 5.89. The van der Waals surface area contributed by atoms with Gasteiger partial charge in [0.15, 0.2) is 0 Å². The van der Waals surface area contributed by atoms with E-state index in [-0.39, 0.29) is 11.7 Å². The van der Waals surface area contributed by atoms with Crippen LogP contribution in [0.4, 0.5) is 14.5 Å². The van der Waals surface area contributed by atoms with Gasteiger partial charge in [-0.3, -0.25) is 4.79 Å². The van der Waals surface area contributed by atoms with E-state index in [1.165, 1.54) is 12.1 Å². The van der Waals surface area contributed by atoms with Gasteiger partial charge in [-0.2, -0.15) is 8.78 Å². The number of nitrogens with one attached hydrogen (secondary N) is 1. The zero-order chi connectivity index (χ0) is 20.1. The summed E-state index contributed by atoms with van der Waals surface area (Å²) in [5.41, 5.74) is 2.95. The number of amides is 1. The SMILES string of the molecule is COc1ccc(-c2cc(NC(=O)c3ccccc3C)ccc2OC(F)F)cc1. The van der Waals surface area contributed by atoms with Gasteiger partial charge in [-0.05, 0) is 54.4 Å². The second-order valence-electron chi connectivity index (χ2n) is 6.09. The predicted octanol–water partition coefficient (Wildman–Crippen LogP) is 5.52. The van der Waals surface area contributed by atoms with Crippen LogP contribution in [-0.4, -0.2) is 19.6 Å². The molecule has 3 aromatic rings. The number of aryl methyl sites for hydroxylation is 1. The molecule has 0 aliphatic carbocycles. The molecule has 0 bridgehead atoms. The molecular weight excluding hydrogens is 364 g/mol. The average Bonchev–Trinajstić information content (AvgIpc) is 2.69. The minimum Gasteiger partial charge on any atom is -0.497 e. The maximum Gasteiger partial charge on any atom is 0.387 e. The number of rotatable bonds is 6. The van der Waals surface area contributed by atoms with E-state index in [0.717, 1.165) is 5.56 Å². The Bertz CT molecular complexity index is 972. The molecule has 4 nitrogen and oxygen atoms in total. The fraction of sp³-hybridized carbons (Fsp3) is 0.136. The molecule has 6 heteroatoms. The van der Waals surface area contributed by atoms with Gasteiger partial charge in [0, 0.05) is 16.8 Å². The Morgan fingerprint density at radius 1 is 1.00 bits per heavy atom. The molecule has 0 saturated carbocycles. The number of alkyl halides is 2. The van der Waals surface area contributed by atoms with E-state index in [1.807, 2.05) is 19.1 Å². The molecule has 0 atom stereocenters. The van der Waals surface area contributed by atoms with Crippen molar-refractivity contribution in [2.45, 2.75) is 13.5 Å². The predicted molar refractivity (Wildman–Crippen MR) is 104 cm³/mol. The molecule has 0 unspecified atom stereocenters. The number of hydrogen-bond donors (Lipinski definition) is 1. The van der Waals surface area contributed by atoms with Crippen LogP contribution < -0.4 is 14.8 Å². The standard InChI is InChI=1S/C22H19F2NO3/c1-14-5-3-4-6-18(14)21(26)25-16-9-12-20(28-22(23)24)19(13-16)15-7-10-17(27-2)11-8-15/h3-13,22H,1-2H3,(H,25,26). The highest BCUT2D eigenvalue weighted by Gasteiger charge is 2.14. The first-order chi connectivity index (χ1) is 13.5. The molecule has 0 heterocycles. The van der Waals surface area contributed by atoms with Crippen molar-refractivity contribution in [3.05, 3.63) is 77.9 Å². The number of anilines is 1. The monoisotopic (exact) mass is 383 g/mol. The second kappa shape index (κ2) is 8.52. The van der Waals surface area contributed by atoms with Crippen LogP contribution in [-0.2, 0) is 0 Å². The molecule has 1 amide bonds. The van der Waals surface area contributed by atoms with Gasteiger partial charge in [-0.15, -0.1) is 0 Å². The third kappa shape index (κ3) is 4.46. The number of carbonyl (C=O) groups is 1. The van der Waals surface area contributed by atoms with Crippen LogP contribution >= 0.6 is 0 Å². The number of benzene rings is 3. The first-order valence-corrected chi connectivity index (χ1v) is 8.58. The van der Waals surface area contributed by atoms with Gasteiger partial charge in [0.05, 0.1) is 7.11 Å². The van der Waals surface area contributed by atoms with Crippen molar-refractivity contribution in [1.29, 1.82) is 0 Å². The van der Waals surface area contributed by atoms with E-state index in [4.69, 9.17) is 4.74 Å². The molecule has 0 saturated heterocycles. The largest absolute Gasteiger partial charge is 0.497 e. The summed E-state index contributed by atoms with van der Waals surface area (Å²) in [4.78, 5) is 12.6. The van der Waals surface area contributed by atoms with Crippen molar-refractivity contribution in [2.24, 2.45) is 0 Å². The Morgan fingerprint density at radius 3 is 2.36 bits per heavy atom. The van der Waals surface area contributed by atoms with Crippen LogP contribution in [0.2, 0.25) is 0 Å². The van der Waals surface area contributed by atoms with E-state index in [0.29, 0.717) is 28.1 Å². The van der Waals surface area contributed by atoms with Gasteiger partial charge in [-0.25, -0.2) is 0 Å². The third-order valence-corrected chi connectivity index (χ3v) is 4.24. The zero-order valence-electron chi connectivity index (χ0n) is 15.4. The summed E-state index contributed by atoms with van der Waals surface area (Å²) in [7, 11) is 1.54. The van der Waals surface area contributed by atoms with Crippen molar-refractivity contribution in [1.82, 2.24) is 0 Å². The van der Waals surface area contributed by atoms with Crippen molar-refractivity contribution in [3.8, 4) is 22.6 Å². The van der Waals surface area contributed by atoms with Crippen LogP contribution in [0, 0.1) is 6.92 Å². The number of halogens is 2. The lowest BCUT2D eigenvalue weighted by Crippen LogP contribution is -2.13. The summed E-state index contributed by atoms with van der Waals surface area (Å²) in [5, 5.41) is 2.81. The molecule has 0 spiro atoms. The van der Waals surface area contributed by atoms with Crippen LogP contribution in [0.5, 0.6) is 11.5 Å². The topological polar surface area (TPSA) is 47.6 Å². The van der Waals surface area contributed by atoms with E-state index in [9.17, 15) is 13.6 Å². The number of ether oxygens (including phenoxy) is 2. The van der Waals surface area contributed by atoms with Crippen molar-refractivity contribution in [2.75, 3.05) is 12.4 Å². The lowest BCUT2D eigenvalue weighted by Gasteiger charge is -2.14. The van der Waals surface area contributed by atoms with Crippen LogP contribution in [0.1, 0.15) is 15.9 Å². The van der Waals surface area contributed by atoms with E-state index >= 15 is 0 Å². The first-order valence-electron chi connectivity index (χ1n) is 8.58. The van der Waals surface area contributed by atoms with Gasteiger partial charge in [0.1, 0.15) is 11.5 Å². The summed E-state index contributed by atoms with van der Waals surface area (Å²) in [6.45, 7) is -1.11. The summed E-state index contributed by atoms with van der Waals surface area (Å²) >= 11 is 0. The Morgan fingerprint density at radius 2 is 1.71 bits per heavy atom. The lowest BCUT2D eigenvalue weighted by atomic mass is 10.0. The Hall–Kier alpha value is -3.41. The van der Waals surface area contributed by atoms with E-state index in [2.05, 4.69) is 10.1 Å². The van der Waals surface area contributed by atoms with Crippen molar-refractivity contribution < 1.29 is 23.0 Å². The molecule has 3 rings (SSSR count). The van der Waals surface area contributed by atoms with E-state index < -0.39 is 6.61 Å². The van der Waals surface area contributed by atoms with Crippen LogP contribution in [0.3, 0.4) is 0 Å². The molecule has 144 valence electrons. The maximum absolute atomic E-state index is 12.8. The van der Waals surface area contributed by atoms with Gasteiger partial charge in [-0.1, -0.05) is 30.3 Å². The highest BCUT2D eigenvalue weighted by Crippen LogP contribution is 2.34. The molecule has 0 fully saturated rings. The minimum atomic E-state index is -2.95. The quantitative estimate of drug-likeness (QED) is 0.609.